The van der Waals surface area contributed by atoms with Gasteiger partial charge in [0.25, 0.3) is 0 Å². The molecular formula is C13H23N3O. The van der Waals surface area contributed by atoms with E-state index in [-0.39, 0.29) is 0 Å². The van der Waals surface area contributed by atoms with E-state index in [9.17, 15) is 0 Å². The molecule has 0 aromatic carbocycles. The molecule has 0 aliphatic rings. The first-order chi connectivity index (χ1) is 8.04. The standard InChI is InChI=1S/C13H23N3O/c1-6-17-8-7-16(5)12-9-11(4)14-13(15-12)10(2)3/h9-10H,6-8H2,1-5H3. The highest BCUT2D eigenvalue weighted by atomic mass is 16.5. The summed E-state index contributed by atoms with van der Waals surface area (Å²) in [5.74, 6) is 2.23. The second kappa shape index (κ2) is 6.55. The SMILES string of the molecule is CCOCCN(C)c1cc(C)nc(C(C)C)n1. The summed E-state index contributed by atoms with van der Waals surface area (Å²) < 4.78 is 5.35. The fourth-order valence-electron chi connectivity index (χ4n) is 1.49. The fraction of sp³-hybridized carbons (Fsp3) is 0.692. The summed E-state index contributed by atoms with van der Waals surface area (Å²) >= 11 is 0. The van der Waals surface area contributed by atoms with Crippen LogP contribution in [0.15, 0.2) is 6.07 Å². The van der Waals surface area contributed by atoms with Crippen molar-refractivity contribution in [1.29, 1.82) is 0 Å². The Labute approximate surface area is 104 Å². The minimum absolute atomic E-state index is 0.356. The van der Waals surface area contributed by atoms with Gasteiger partial charge in [-0.05, 0) is 13.8 Å². The maximum Gasteiger partial charge on any atom is 0.133 e. The number of likely N-dealkylation sites (N-methyl/N-ethyl adjacent to an activating group) is 1. The first-order valence-corrected chi connectivity index (χ1v) is 6.19. The van der Waals surface area contributed by atoms with Crippen LogP contribution in [0.25, 0.3) is 0 Å². The summed E-state index contributed by atoms with van der Waals surface area (Å²) in [6, 6.07) is 2.01. The molecule has 1 aromatic heterocycles. The highest BCUT2D eigenvalue weighted by Crippen LogP contribution is 2.15. The van der Waals surface area contributed by atoms with Gasteiger partial charge in [0.05, 0.1) is 6.61 Å². The van der Waals surface area contributed by atoms with Crippen molar-refractivity contribution >= 4 is 5.82 Å². The number of rotatable bonds is 6. The molecule has 0 saturated carbocycles. The first-order valence-electron chi connectivity index (χ1n) is 6.19. The van der Waals surface area contributed by atoms with E-state index >= 15 is 0 Å². The molecule has 0 fully saturated rings. The van der Waals surface area contributed by atoms with Gasteiger partial charge in [-0.1, -0.05) is 13.8 Å². The van der Waals surface area contributed by atoms with Gasteiger partial charge in [-0.15, -0.1) is 0 Å². The zero-order valence-electron chi connectivity index (χ0n) is 11.5. The van der Waals surface area contributed by atoms with Crippen LogP contribution in [0.2, 0.25) is 0 Å². The van der Waals surface area contributed by atoms with Gasteiger partial charge in [0, 0.05) is 37.9 Å². The summed E-state index contributed by atoms with van der Waals surface area (Å²) in [4.78, 5) is 11.1. The number of hydrogen-bond donors (Lipinski definition) is 0. The molecule has 1 heterocycles. The summed E-state index contributed by atoms with van der Waals surface area (Å²) in [6.45, 7) is 10.6. The Bertz CT molecular complexity index is 353. The van der Waals surface area contributed by atoms with E-state index in [0.717, 1.165) is 37.1 Å². The predicted octanol–water partition coefficient (Wildman–Crippen LogP) is 2.38. The van der Waals surface area contributed by atoms with Crippen molar-refractivity contribution in [3.05, 3.63) is 17.6 Å². The van der Waals surface area contributed by atoms with E-state index < -0.39 is 0 Å². The van der Waals surface area contributed by atoms with E-state index in [0.29, 0.717) is 5.92 Å². The van der Waals surface area contributed by atoms with E-state index in [2.05, 4.69) is 28.7 Å². The summed E-state index contributed by atoms with van der Waals surface area (Å²) in [7, 11) is 2.03. The van der Waals surface area contributed by atoms with Gasteiger partial charge in [-0.2, -0.15) is 0 Å². The van der Waals surface area contributed by atoms with Gasteiger partial charge in [0.15, 0.2) is 0 Å². The molecule has 0 bridgehead atoms. The molecule has 1 aromatic rings. The molecule has 0 radical (unpaired) electrons. The smallest absolute Gasteiger partial charge is 0.133 e. The average molecular weight is 237 g/mol. The molecule has 0 saturated heterocycles. The number of anilines is 1. The van der Waals surface area contributed by atoms with E-state index in [4.69, 9.17) is 4.74 Å². The molecule has 0 atom stereocenters. The molecule has 96 valence electrons. The molecular weight excluding hydrogens is 214 g/mol. The minimum atomic E-state index is 0.356. The molecule has 0 aliphatic carbocycles. The third kappa shape index (κ3) is 4.30. The van der Waals surface area contributed by atoms with Gasteiger partial charge in [0.2, 0.25) is 0 Å². The second-order valence-electron chi connectivity index (χ2n) is 4.50. The highest BCUT2D eigenvalue weighted by Gasteiger charge is 2.09. The molecule has 4 heteroatoms. The summed E-state index contributed by atoms with van der Waals surface area (Å²) in [5.41, 5.74) is 1.02. The lowest BCUT2D eigenvalue weighted by molar-refractivity contribution is 0.154. The average Bonchev–Trinajstić information content (AvgIpc) is 2.28. The molecule has 0 unspecified atom stereocenters. The lowest BCUT2D eigenvalue weighted by atomic mass is 10.2. The first kappa shape index (κ1) is 13.9. The van der Waals surface area contributed by atoms with Crippen molar-refractivity contribution in [2.45, 2.75) is 33.6 Å². The maximum atomic E-state index is 5.35. The normalized spacial score (nSPS) is 10.9. The number of nitrogens with zero attached hydrogens (tertiary/aromatic N) is 3. The molecule has 1 rings (SSSR count). The van der Waals surface area contributed by atoms with Crippen molar-refractivity contribution in [2.75, 3.05) is 31.7 Å². The van der Waals surface area contributed by atoms with Crippen LogP contribution in [0.5, 0.6) is 0 Å². The monoisotopic (exact) mass is 237 g/mol. The molecule has 4 nitrogen and oxygen atoms in total. The Morgan fingerprint density at radius 2 is 2.06 bits per heavy atom. The van der Waals surface area contributed by atoms with Crippen molar-refractivity contribution in [3.8, 4) is 0 Å². The number of aromatic nitrogens is 2. The maximum absolute atomic E-state index is 5.35. The minimum Gasteiger partial charge on any atom is -0.380 e. The van der Waals surface area contributed by atoms with Crippen LogP contribution in [-0.4, -0.2) is 36.8 Å². The van der Waals surface area contributed by atoms with Crippen LogP contribution in [0.1, 0.15) is 38.2 Å². The topological polar surface area (TPSA) is 38.2 Å². The Balaban J connectivity index is 2.75. The lowest BCUT2D eigenvalue weighted by Gasteiger charge is -2.19. The summed E-state index contributed by atoms with van der Waals surface area (Å²) in [6.07, 6.45) is 0. The molecule has 17 heavy (non-hydrogen) atoms. The van der Waals surface area contributed by atoms with Crippen LogP contribution in [0.3, 0.4) is 0 Å². The van der Waals surface area contributed by atoms with Crippen molar-refractivity contribution in [3.63, 3.8) is 0 Å². The van der Waals surface area contributed by atoms with Crippen LogP contribution >= 0.6 is 0 Å². The van der Waals surface area contributed by atoms with Crippen LogP contribution < -0.4 is 4.90 Å². The Hall–Kier alpha value is -1.16. The Morgan fingerprint density at radius 1 is 1.35 bits per heavy atom. The quantitative estimate of drug-likeness (QED) is 0.712. The predicted molar refractivity (Wildman–Crippen MR) is 70.6 cm³/mol. The summed E-state index contributed by atoms with van der Waals surface area (Å²) in [5, 5.41) is 0. The molecule has 0 amide bonds. The van der Waals surface area contributed by atoms with Crippen LogP contribution in [-0.2, 0) is 4.74 Å². The van der Waals surface area contributed by atoms with Crippen molar-refractivity contribution in [1.82, 2.24) is 9.97 Å². The van der Waals surface area contributed by atoms with Gasteiger partial charge in [-0.3, -0.25) is 0 Å². The molecule has 0 aliphatic heterocycles. The molecule has 0 spiro atoms. The Kier molecular flexibility index (Phi) is 5.35. The van der Waals surface area contributed by atoms with E-state index in [1.165, 1.54) is 0 Å². The van der Waals surface area contributed by atoms with Gasteiger partial charge >= 0.3 is 0 Å². The highest BCUT2D eigenvalue weighted by molar-refractivity contribution is 5.38. The van der Waals surface area contributed by atoms with Crippen molar-refractivity contribution in [2.24, 2.45) is 0 Å². The van der Waals surface area contributed by atoms with Gasteiger partial charge < -0.3 is 9.64 Å². The number of aryl methyl sites for hydroxylation is 1. The second-order valence-corrected chi connectivity index (χ2v) is 4.50. The lowest BCUT2D eigenvalue weighted by Crippen LogP contribution is -2.24. The number of ether oxygens (including phenoxy) is 1. The third-order valence-corrected chi connectivity index (χ3v) is 2.54. The molecule has 0 N–H and O–H groups in total. The zero-order chi connectivity index (χ0) is 12.8. The van der Waals surface area contributed by atoms with Gasteiger partial charge in [0.1, 0.15) is 11.6 Å². The zero-order valence-corrected chi connectivity index (χ0v) is 11.5. The third-order valence-electron chi connectivity index (χ3n) is 2.54. The van der Waals surface area contributed by atoms with E-state index in [1.807, 2.05) is 27.0 Å². The van der Waals surface area contributed by atoms with Crippen LogP contribution in [0.4, 0.5) is 5.82 Å². The van der Waals surface area contributed by atoms with E-state index in [1.54, 1.807) is 0 Å². The Morgan fingerprint density at radius 3 is 2.65 bits per heavy atom. The fourth-order valence-corrected chi connectivity index (χ4v) is 1.49. The largest absolute Gasteiger partial charge is 0.380 e. The van der Waals surface area contributed by atoms with Crippen molar-refractivity contribution < 1.29 is 4.74 Å². The number of hydrogen-bond acceptors (Lipinski definition) is 4. The van der Waals surface area contributed by atoms with Gasteiger partial charge in [-0.25, -0.2) is 9.97 Å². The van der Waals surface area contributed by atoms with Crippen LogP contribution in [0, 0.1) is 6.92 Å².